The molecule has 0 unspecified atom stereocenters. The van der Waals surface area contributed by atoms with Gasteiger partial charge >= 0.3 is 6.18 Å². The molecule has 1 amide bonds. The fourth-order valence-electron chi connectivity index (χ4n) is 2.74. The van der Waals surface area contributed by atoms with Crippen molar-refractivity contribution in [2.24, 2.45) is 10.2 Å². The molecule has 2 aliphatic heterocycles. The molecule has 128 valence electrons. The van der Waals surface area contributed by atoms with Gasteiger partial charge in [0, 0.05) is 45.0 Å². The minimum Gasteiger partial charge on any atom is -0.333 e. The summed E-state index contributed by atoms with van der Waals surface area (Å²) < 4.78 is 39.5. The predicted octanol–water partition coefficient (Wildman–Crippen LogP) is 2.60. The van der Waals surface area contributed by atoms with Crippen LogP contribution in [0.25, 0.3) is 0 Å². The van der Waals surface area contributed by atoms with Crippen LogP contribution < -0.4 is 0 Å². The van der Waals surface area contributed by atoms with Gasteiger partial charge in [0.05, 0.1) is 6.54 Å². The van der Waals surface area contributed by atoms with Crippen LogP contribution in [0.2, 0.25) is 0 Å². The number of hydrogen-bond donors (Lipinski definition) is 0. The lowest BCUT2D eigenvalue weighted by molar-refractivity contribution is -0.141. The van der Waals surface area contributed by atoms with Crippen molar-refractivity contribution in [3.8, 4) is 12.3 Å². The number of alkyl halides is 3. The van der Waals surface area contributed by atoms with E-state index in [0.717, 1.165) is 6.20 Å². The molecule has 3 heterocycles. The SMILES string of the molecule is C#CCCC1(CCC(=O)N2CCn3cc(C(F)(F)F)nc3C2)N=N1. The second-order valence-corrected chi connectivity index (χ2v) is 5.94. The van der Waals surface area contributed by atoms with Crippen molar-refractivity contribution in [2.45, 2.75) is 50.6 Å². The smallest absolute Gasteiger partial charge is 0.333 e. The van der Waals surface area contributed by atoms with Gasteiger partial charge in [-0.2, -0.15) is 23.4 Å². The Morgan fingerprint density at radius 2 is 2.08 bits per heavy atom. The molecular formula is C15H16F3N5O. The number of halogens is 3. The minimum atomic E-state index is -4.47. The molecule has 0 aromatic carbocycles. The molecule has 0 saturated carbocycles. The quantitative estimate of drug-likeness (QED) is 0.774. The highest BCUT2D eigenvalue weighted by Crippen LogP contribution is 2.38. The van der Waals surface area contributed by atoms with Gasteiger partial charge in [0.2, 0.25) is 5.91 Å². The highest BCUT2D eigenvalue weighted by Gasteiger charge is 2.40. The molecule has 0 atom stereocenters. The third-order valence-corrected chi connectivity index (χ3v) is 4.24. The highest BCUT2D eigenvalue weighted by atomic mass is 19.4. The summed E-state index contributed by atoms with van der Waals surface area (Å²) in [4.78, 5) is 17.4. The first-order valence-corrected chi connectivity index (χ1v) is 7.61. The molecule has 2 aliphatic rings. The lowest BCUT2D eigenvalue weighted by Crippen LogP contribution is -2.38. The van der Waals surface area contributed by atoms with Crippen LogP contribution in [0, 0.1) is 12.3 Å². The zero-order valence-corrected chi connectivity index (χ0v) is 12.9. The molecule has 0 N–H and O–H groups in total. The van der Waals surface area contributed by atoms with Crippen molar-refractivity contribution in [1.82, 2.24) is 14.5 Å². The standard InChI is InChI=1S/C15H16F3N5O/c1-2-3-5-14(20-21-14)6-4-13(24)23-8-7-22-9-11(15(16,17)18)19-12(22)10-23/h1,9H,3-8,10H2. The first kappa shape index (κ1) is 16.5. The van der Waals surface area contributed by atoms with Crippen molar-refractivity contribution in [3.05, 3.63) is 17.7 Å². The zero-order chi connectivity index (χ0) is 17.4. The Bertz CT molecular complexity index is 710. The molecule has 1 aromatic heterocycles. The lowest BCUT2D eigenvalue weighted by Gasteiger charge is -2.28. The largest absolute Gasteiger partial charge is 0.434 e. The maximum absolute atomic E-state index is 12.7. The van der Waals surface area contributed by atoms with Gasteiger partial charge in [-0.05, 0) is 0 Å². The summed E-state index contributed by atoms with van der Waals surface area (Å²) in [5, 5.41) is 7.94. The first-order chi connectivity index (χ1) is 11.3. The van der Waals surface area contributed by atoms with Crippen LogP contribution in [-0.2, 0) is 24.1 Å². The van der Waals surface area contributed by atoms with Gasteiger partial charge in [-0.1, -0.05) is 0 Å². The number of aromatic nitrogens is 2. The summed E-state index contributed by atoms with van der Waals surface area (Å²) >= 11 is 0. The number of hydrogen-bond acceptors (Lipinski definition) is 4. The van der Waals surface area contributed by atoms with Gasteiger partial charge < -0.3 is 9.47 Å². The highest BCUT2D eigenvalue weighted by molar-refractivity contribution is 5.76. The number of rotatable bonds is 5. The van der Waals surface area contributed by atoms with Crippen molar-refractivity contribution in [3.63, 3.8) is 0 Å². The van der Waals surface area contributed by atoms with Gasteiger partial charge in [0.25, 0.3) is 0 Å². The summed E-state index contributed by atoms with van der Waals surface area (Å²) in [6, 6.07) is 0. The minimum absolute atomic E-state index is 0.0839. The average molecular weight is 339 g/mol. The molecule has 6 nitrogen and oxygen atoms in total. The molecule has 0 fully saturated rings. The molecule has 24 heavy (non-hydrogen) atoms. The molecule has 0 bridgehead atoms. The molecule has 9 heteroatoms. The van der Waals surface area contributed by atoms with Gasteiger partial charge in [0.1, 0.15) is 5.82 Å². The van der Waals surface area contributed by atoms with E-state index in [9.17, 15) is 18.0 Å². The van der Waals surface area contributed by atoms with E-state index in [2.05, 4.69) is 21.1 Å². The number of amides is 1. The molecule has 1 aromatic rings. The van der Waals surface area contributed by atoms with E-state index in [-0.39, 0.29) is 24.7 Å². The topological polar surface area (TPSA) is 62.9 Å². The third kappa shape index (κ3) is 3.42. The van der Waals surface area contributed by atoms with E-state index in [1.165, 1.54) is 9.47 Å². The van der Waals surface area contributed by atoms with E-state index < -0.39 is 17.5 Å². The second kappa shape index (κ2) is 5.92. The number of nitrogens with zero attached hydrogens (tertiary/aromatic N) is 5. The van der Waals surface area contributed by atoms with E-state index in [1.54, 1.807) is 0 Å². The van der Waals surface area contributed by atoms with Crippen LogP contribution >= 0.6 is 0 Å². The summed E-state index contributed by atoms with van der Waals surface area (Å²) in [6.45, 7) is 0.757. The van der Waals surface area contributed by atoms with E-state index in [1.807, 2.05) is 0 Å². The summed E-state index contributed by atoms with van der Waals surface area (Å²) in [5.41, 5.74) is -1.45. The van der Waals surface area contributed by atoms with Crippen LogP contribution in [0.1, 0.15) is 37.2 Å². The molecule has 0 saturated heterocycles. The Morgan fingerprint density at radius 1 is 1.33 bits per heavy atom. The lowest BCUT2D eigenvalue weighted by atomic mass is 10.0. The molecule has 0 aliphatic carbocycles. The Morgan fingerprint density at radius 3 is 2.71 bits per heavy atom. The van der Waals surface area contributed by atoms with E-state index >= 15 is 0 Å². The number of fused-ring (bicyclic) bond motifs is 1. The maximum atomic E-state index is 12.7. The second-order valence-electron chi connectivity index (χ2n) is 5.94. The van der Waals surface area contributed by atoms with Crippen LogP contribution in [0.3, 0.4) is 0 Å². The molecule has 3 rings (SSSR count). The van der Waals surface area contributed by atoms with Gasteiger partial charge in [-0.25, -0.2) is 4.98 Å². The summed E-state index contributed by atoms with van der Waals surface area (Å²) in [7, 11) is 0. The van der Waals surface area contributed by atoms with Gasteiger partial charge in [-0.15, -0.1) is 12.3 Å². The summed E-state index contributed by atoms with van der Waals surface area (Å²) in [6.07, 6.45) is 3.62. The predicted molar refractivity (Wildman–Crippen MR) is 77.5 cm³/mol. The van der Waals surface area contributed by atoms with Gasteiger partial charge in [0.15, 0.2) is 11.4 Å². The van der Waals surface area contributed by atoms with Crippen LogP contribution in [0.15, 0.2) is 16.4 Å². The number of carbonyl (C=O) groups is 1. The van der Waals surface area contributed by atoms with Crippen molar-refractivity contribution < 1.29 is 18.0 Å². The number of imidazole rings is 1. The molecule has 0 radical (unpaired) electrons. The Hall–Kier alpha value is -2.37. The summed E-state index contributed by atoms with van der Waals surface area (Å²) in [5.74, 6) is 2.65. The van der Waals surface area contributed by atoms with Crippen LogP contribution in [-0.4, -0.2) is 32.6 Å². The molecule has 0 spiro atoms. The first-order valence-electron chi connectivity index (χ1n) is 7.61. The number of carbonyl (C=O) groups excluding carboxylic acids is 1. The monoisotopic (exact) mass is 339 g/mol. The normalized spacial score (nSPS) is 18.2. The van der Waals surface area contributed by atoms with Crippen LogP contribution in [0.5, 0.6) is 0 Å². The zero-order valence-electron chi connectivity index (χ0n) is 12.9. The Balaban J connectivity index is 1.56. The fourth-order valence-corrected chi connectivity index (χ4v) is 2.74. The van der Waals surface area contributed by atoms with Crippen molar-refractivity contribution in [1.29, 1.82) is 0 Å². The van der Waals surface area contributed by atoms with Crippen molar-refractivity contribution in [2.75, 3.05) is 6.54 Å². The van der Waals surface area contributed by atoms with E-state index in [4.69, 9.17) is 6.42 Å². The Labute approximate surface area is 136 Å². The third-order valence-electron chi connectivity index (χ3n) is 4.24. The number of terminal acetylenes is 1. The Kier molecular flexibility index (Phi) is 4.07. The van der Waals surface area contributed by atoms with Gasteiger partial charge in [-0.3, -0.25) is 4.79 Å². The maximum Gasteiger partial charge on any atom is 0.434 e. The average Bonchev–Trinajstić information content (AvgIpc) is 3.17. The van der Waals surface area contributed by atoms with Crippen LogP contribution in [0.4, 0.5) is 13.2 Å². The fraction of sp³-hybridized carbons (Fsp3) is 0.600. The van der Waals surface area contributed by atoms with E-state index in [0.29, 0.717) is 32.4 Å². The van der Waals surface area contributed by atoms with Crippen molar-refractivity contribution >= 4 is 5.91 Å². The molecular weight excluding hydrogens is 323 g/mol.